The minimum absolute atomic E-state index is 0.161. The standard InChI is InChI=1S/C15H14N2O2/c16-14-12(15(18)19)6-3-7-13(14)17-8-10-4-1-2-5-11(10)9-17/h1-7H,8-9,16H2,(H,18,19). The van der Waals surface area contributed by atoms with Gasteiger partial charge in [0.15, 0.2) is 0 Å². The van der Waals surface area contributed by atoms with Crippen LogP contribution in [-0.4, -0.2) is 11.1 Å². The molecule has 2 aromatic rings. The van der Waals surface area contributed by atoms with Crippen molar-refractivity contribution in [1.29, 1.82) is 0 Å². The molecule has 1 aliphatic rings. The smallest absolute Gasteiger partial charge is 0.337 e. The number of nitrogens with zero attached hydrogens (tertiary/aromatic N) is 1. The molecule has 19 heavy (non-hydrogen) atoms. The highest BCUT2D eigenvalue weighted by Crippen LogP contribution is 2.33. The monoisotopic (exact) mass is 254 g/mol. The molecule has 0 saturated carbocycles. The molecule has 2 aromatic carbocycles. The molecule has 96 valence electrons. The molecule has 0 spiro atoms. The van der Waals surface area contributed by atoms with Gasteiger partial charge in [0.1, 0.15) is 0 Å². The van der Waals surface area contributed by atoms with Crippen LogP contribution >= 0.6 is 0 Å². The molecule has 0 atom stereocenters. The second kappa shape index (κ2) is 4.31. The Hall–Kier alpha value is -2.49. The quantitative estimate of drug-likeness (QED) is 0.808. The number of hydrogen-bond acceptors (Lipinski definition) is 3. The number of carbonyl (C=O) groups is 1. The van der Waals surface area contributed by atoms with Gasteiger partial charge in [0.2, 0.25) is 0 Å². The van der Waals surface area contributed by atoms with Crippen molar-refractivity contribution in [3.63, 3.8) is 0 Å². The first-order chi connectivity index (χ1) is 9.16. The summed E-state index contributed by atoms with van der Waals surface area (Å²) in [5, 5.41) is 9.11. The summed E-state index contributed by atoms with van der Waals surface area (Å²) in [5.41, 5.74) is 9.79. The van der Waals surface area contributed by atoms with E-state index in [1.54, 1.807) is 6.07 Å². The minimum Gasteiger partial charge on any atom is -0.478 e. The van der Waals surface area contributed by atoms with Crippen molar-refractivity contribution >= 4 is 17.3 Å². The molecule has 0 radical (unpaired) electrons. The van der Waals surface area contributed by atoms with Gasteiger partial charge in [0.05, 0.1) is 16.9 Å². The van der Waals surface area contributed by atoms with Crippen LogP contribution in [0.15, 0.2) is 42.5 Å². The number of nitrogen functional groups attached to an aromatic ring is 1. The van der Waals surface area contributed by atoms with E-state index in [0.717, 1.165) is 18.8 Å². The summed E-state index contributed by atoms with van der Waals surface area (Å²) in [6, 6.07) is 13.3. The molecular weight excluding hydrogens is 240 g/mol. The number of rotatable bonds is 2. The van der Waals surface area contributed by atoms with Crippen LogP contribution < -0.4 is 10.6 Å². The van der Waals surface area contributed by atoms with Crippen molar-refractivity contribution in [3.8, 4) is 0 Å². The van der Waals surface area contributed by atoms with Gasteiger partial charge in [-0.3, -0.25) is 0 Å². The number of nitrogens with two attached hydrogens (primary N) is 1. The van der Waals surface area contributed by atoms with Crippen molar-refractivity contribution in [1.82, 2.24) is 0 Å². The number of carboxylic acid groups (broad SMARTS) is 1. The van der Waals surface area contributed by atoms with Gasteiger partial charge < -0.3 is 15.7 Å². The van der Waals surface area contributed by atoms with Gasteiger partial charge in [0.25, 0.3) is 0 Å². The van der Waals surface area contributed by atoms with Crippen LogP contribution in [0.2, 0.25) is 0 Å². The summed E-state index contributed by atoms with van der Waals surface area (Å²) in [7, 11) is 0. The first-order valence-corrected chi connectivity index (χ1v) is 6.10. The third-order valence-electron chi connectivity index (χ3n) is 3.50. The maximum Gasteiger partial charge on any atom is 0.337 e. The maximum atomic E-state index is 11.1. The molecule has 1 heterocycles. The fourth-order valence-electron chi connectivity index (χ4n) is 2.52. The van der Waals surface area contributed by atoms with Crippen LogP contribution in [0, 0.1) is 0 Å². The number of para-hydroxylation sites is 1. The van der Waals surface area contributed by atoms with E-state index in [1.807, 2.05) is 18.2 Å². The summed E-state index contributed by atoms with van der Waals surface area (Å²) in [5.74, 6) is -0.990. The van der Waals surface area contributed by atoms with Gasteiger partial charge in [-0.2, -0.15) is 0 Å². The molecule has 3 N–H and O–H groups in total. The van der Waals surface area contributed by atoms with Crippen LogP contribution in [0.4, 0.5) is 11.4 Å². The van der Waals surface area contributed by atoms with E-state index in [4.69, 9.17) is 10.8 Å². The van der Waals surface area contributed by atoms with Crippen molar-refractivity contribution < 1.29 is 9.90 Å². The second-order valence-corrected chi connectivity index (χ2v) is 4.67. The predicted octanol–water partition coefficient (Wildman–Crippen LogP) is 2.49. The summed E-state index contributed by atoms with van der Waals surface area (Å²) >= 11 is 0. The van der Waals surface area contributed by atoms with Gasteiger partial charge in [-0.05, 0) is 23.3 Å². The Bertz CT molecular complexity index is 627. The highest BCUT2D eigenvalue weighted by Gasteiger charge is 2.22. The van der Waals surface area contributed by atoms with E-state index in [9.17, 15) is 4.79 Å². The van der Waals surface area contributed by atoms with Crippen molar-refractivity contribution in [2.45, 2.75) is 13.1 Å². The van der Waals surface area contributed by atoms with E-state index in [-0.39, 0.29) is 5.56 Å². The van der Waals surface area contributed by atoms with E-state index in [1.165, 1.54) is 17.2 Å². The summed E-state index contributed by atoms with van der Waals surface area (Å²) in [6.07, 6.45) is 0. The average molecular weight is 254 g/mol. The Labute approximate surface area is 111 Å². The normalized spacial score (nSPS) is 13.4. The molecule has 0 amide bonds. The molecule has 0 bridgehead atoms. The second-order valence-electron chi connectivity index (χ2n) is 4.67. The zero-order chi connectivity index (χ0) is 13.4. The largest absolute Gasteiger partial charge is 0.478 e. The van der Waals surface area contributed by atoms with Crippen LogP contribution in [0.1, 0.15) is 21.5 Å². The number of aromatic carboxylic acids is 1. The van der Waals surface area contributed by atoms with Crippen molar-refractivity contribution in [3.05, 3.63) is 59.2 Å². The molecular formula is C15H14N2O2. The Morgan fingerprint density at radius 1 is 1.05 bits per heavy atom. The van der Waals surface area contributed by atoms with E-state index in [0.29, 0.717) is 5.69 Å². The third-order valence-corrected chi connectivity index (χ3v) is 3.50. The van der Waals surface area contributed by atoms with Crippen LogP contribution in [0.3, 0.4) is 0 Å². The molecule has 0 aliphatic carbocycles. The Morgan fingerprint density at radius 3 is 2.26 bits per heavy atom. The van der Waals surface area contributed by atoms with Crippen LogP contribution in [0.25, 0.3) is 0 Å². The zero-order valence-corrected chi connectivity index (χ0v) is 10.3. The molecule has 0 aromatic heterocycles. The Balaban J connectivity index is 1.98. The number of hydrogen-bond donors (Lipinski definition) is 2. The lowest BCUT2D eigenvalue weighted by Crippen LogP contribution is -2.17. The van der Waals surface area contributed by atoms with Crippen LogP contribution in [0.5, 0.6) is 0 Å². The van der Waals surface area contributed by atoms with Gasteiger partial charge in [-0.15, -0.1) is 0 Å². The molecule has 3 rings (SSSR count). The topological polar surface area (TPSA) is 66.6 Å². The summed E-state index contributed by atoms with van der Waals surface area (Å²) < 4.78 is 0. The maximum absolute atomic E-state index is 11.1. The minimum atomic E-state index is -0.990. The lowest BCUT2D eigenvalue weighted by molar-refractivity contribution is 0.0698. The van der Waals surface area contributed by atoms with Crippen molar-refractivity contribution in [2.75, 3.05) is 10.6 Å². The van der Waals surface area contributed by atoms with Gasteiger partial charge in [0, 0.05) is 13.1 Å². The lowest BCUT2D eigenvalue weighted by Gasteiger charge is -2.20. The Morgan fingerprint density at radius 2 is 1.68 bits per heavy atom. The fourth-order valence-corrected chi connectivity index (χ4v) is 2.52. The number of carboxylic acids is 1. The van der Waals surface area contributed by atoms with E-state index < -0.39 is 5.97 Å². The first-order valence-electron chi connectivity index (χ1n) is 6.10. The van der Waals surface area contributed by atoms with Gasteiger partial charge in [-0.25, -0.2) is 4.79 Å². The van der Waals surface area contributed by atoms with E-state index >= 15 is 0 Å². The van der Waals surface area contributed by atoms with Gasteiger partial charge >= 0.3 is 5.97 Å². The van der Waals surface area contributed by atoms with Crippen LogP contribution in [-0.2, 0) is 13.1 Å². The number of anilines is 2. The zero-order valence-electron chi connectivity index (χ0n) is 10.3. The predicted molar refractivity (Wildman–Crippen MR) is 74.1 cm³/mol. The van der Waals surface area contributed by atoms with E-state index in [2.05, 4.69) is 17.0 Å². The molecule has 0 fully saturated rings. The van der Waals surface area contributed by atoms with Gasteiger partial charge in [-0.1, -0.05) is 30.3 Å². The molecule has 4 heteroatoms. The highest BCUT2D eigenvalue weighted by molar-refractivity contribution is 5.97. The molecule has 0 saturated heterocycles. The first kappa shape index (κ1) is 11.6. The SMILES string of the molecule is Nc1c(C(=O)O)cccc1N1Cc2ccccc2C1. The fraction of sp³-hybridized carbons (Fsp3) is 0.133. The molecule has 1 aliphatic heterocycles. The summed E-state index contributed by atoms with van der Waals surface area (Å²) in [6.45, 7) is 1.53. The molecule has 0 unspecified atom stereocenters. The third kappa shape index (κ3) is 1.91. The lowest BCUT2D eigenvalue weighted by atomic mass is 10.1. The number of fused-ring (bicyclic) bond motifs is 1. The van der Waals surface area contributed by atoms with Crippen molar-refractivity contribution in [2.24, 2.45) is 0 Å². The average Bonchev–Trinajstić information content (AvgIpc) is 2.82. The highest BCUT2D eigenvalue weighted by atomic mass is 16.4. The summed E-state index contributed by atoms with van der Waals surface area (Å²) in [4.78, 5) is 13.2. The molecule has 4 nitrogen and oxygen atoms in total. The Kier molecular flexibility index (Phi) is 2.63. The number of benzene rings is 2.